The first-order valence-corrected chi connectivity index (χ1v) is 6.19. The zero-order valence-electron chi connectivity index (χ0n) is 11.4. The number of nitrogens with one attached hydrogen (secondary N) is 2. The Morgan fingerprint density at radius 3 is 2.95 bits per heavy atom. The van der Waals surface area contributed by atoms with Gasteiger partial charge in [-0.05, 0) is 6.07 Å². The summed E-state index contributed by atoms with van der Waals surface area (Å²) in [6, 6.07) is 6.59. The van der Waals surface area contributed by atoms with Gasteiger partial charge < -0.3 is 10.1 Å². The maximum atomic E-state index is 11.8. The number of anilines is 2. The minimum absolute atomic E-state index is 0.366. The third kappa shape index (κ3) is 4.21. The van der Waals surface area contributed by atoms with Gasteiger partial charge in [0, 0.05) is 18.3 Å². The maximum Gasteiger partial charge on any atom is 0.324 e. The highest BCUT2D eigenvalue weighted by molar-refractivity contribution is 5.98. The summed E-state index contributed by atoms with van der Waals surface area (Å²) < 4.78 is 6.52. The monoisotopic (exact) mass is 286 g/mol. The van der Waals surface area contributed by atoms with Gasteiger partial charge in [0.15, 0.2) is 5.82 Å². The molecule has 21 heavy (non-hydrogen) atoms. The number of carbonyl (C=O) groups is 1. The molecule has 0 atom stereocenters. The van der Waals surface area contributed by atoms with Crippen molar-refractivity contribution in [3.8, 4) is 11.9 Å². The number of aromatic nitrogens is 3. The molecule has 8 nitrogen and oxygen atoms in total. The molecule has 0 aliphatic heterocycles. The molecular weight excluding hydrogens is 272 g/mol. The molecule has 2 heterocycles. The fraction of sp³-hybridized carbons (Fsp3) is 0.231. The molecular formula is C13H14N6O2. The summed E-state index contributed by atoms with van der Waals surface area (Å²) in [5.74, 6) is 0.879. The zero-order chi connectivity index (χ0) is 15.1. The van der Waals surface area contributed by atoms with Crippen molar-refractivity contribution >= 4 is 17.5 Å². The highest BCUT2D eigenvalue weighted by Gasteiger charge is 2.05. The largest absolute Gasteiger partial charge is 0.481 e. The third-order valence-electron chi connectivity index (χ3n) is 2.54. The van der Waals surface area contributed by atoms with Gasteiger partial charge in [-0.1, -0.05) is 0 Å². The molecule has 0 radical (unpaired) electrons. The average molecular weight is 286 g/mol. The Hall–Kier alpha value is -3.08. The Kier molecular flexibility index (Phi) is 4.71. The first-order chi connectivity index (χ1) is 10.2. The van der Waals surface area contributed by atoms with E-state index in [1.54, 1.807) is 29.1 Å². The van der Waals surface area contributed by atoms with Gasteiger partial charge in [-0.25, -0.2) is 9.78 Å². The van der Waals surface area contributed by atoms with Crippen molar-refractivity contribution in [2.45, 2.75) is 13.0 Å². The van der Waals surface area contributed by atoms with E-state index in [0.717, 1.165) is 0 Å². The number of methoxy groups -OCH3 is 1. The molecule has 108 valence electrons. The number of aryl methyl sites for hydroxylation is 1. The van der Waals surface area contributed by atoms with Gasteiger partial charge in [0.25, 0.3) is 0 Å². The second kappa shape index (κ2) is 6.91. The molecule has 2 rings (SSSR count). The molecule has 2 aromatic heterocycles. The Morgan fingerprint density at radius 2 is 2.29 bits per heavy atom. The van der Waals surface area contributed by atoms with Crippen LogP contribution in [0.15, 0.2) is 30.6 Å². The van der Waals surface area contributed by atoms with E-state index in [-0.39, 0.29) is 0 Å². The Balaban J connectivity index is 1.88. The van der Waals surface area contributed by atoms with E-state index in [0.29, 0.717) is 30.4 Å². The average Bonchev–Trinajstić information content (AvgIpc) is 2.93. The number of ether oxygens (including phenoxy) is 1. The number of nitrogens with zero attached hydrogens (tertiary/aromatic N) is 4. The molecule has 0 aliphatic carbocycles. The van der Waals surface area contributed by atoms with E-state index in [1.165, 1.54) is 13.3 Å². The van der Waals surface area contributed by atoms with Crippen molar-refractivity contribution in [1.29, 1.82) is 5.26 Å². The minimum atomic E-state index is -0.424. The summed E-state index contributed by atoms with van der Waals surface area (Å²) in [5.41, 5.74) is 0.539. The quantitative estimate of drug-likeness (QED) is 0.872. The highest BCUT2D eigenvalue weighted by atomic mass is 16.5. The van der Waals surface area contributed by atoms with Crippen LogP contribution in [0.25, 0.3) is 0 Å². The summed E-state index contributed by atoms with van der Waals surface area (Å²) in [7, 11) is 1.52. The molecule has 0 bridgehead atoms. The van der Waals surface area contributed by atoms with Crippen LogP contribution in [0.1, 0.15) is 6.42 Å². The SMILES string of the molecule is COc1ccc(NC(=O)Nc2ccn(CCC#N)n2)cn1. The van der Waals surface area contributed by atoms with Crippen LogP contribution in [0.3, 0.4) is 0 Å². The highest BCUT2D eigenvalue weighted by Crippen LogP contribution is 2.11. The number of urea groups is 1. The number of nitriles is 1. The van der Waals surface area contributed by atoms with E-state index in [1.807, 2.05) is 6.07 Å². The van der Waals surface area contributed by atoms with Crippen LogP contribution in [-0.2, 0) is 6.54 Å². The standard InChI is InChI=1S/C13H14N6O2/c1-21-12-4-3-10(9-15-12)16-13(20)17-11-5-8-19(18-11)7-2-6-14/h3-5,8-9H,2,7H2,1H3,(H2,16,17,18,20). The van der Waals surface area contributed by atoms with Gasteiger partial charge in [-0.3, -0.25) is 10.00 Å². The van der Waals surface area contributed by atoms with Crippen LogP contribution in [0.2, 0.25) is 0 Å². The summed E-state index contributed by atoms with van der Waals surface area (Å²) in [4.78, 5) is 15.8. The van der Waals surface area contributed by atoms with Gasteiger partial charge >= 0.3 is 6.03 Å². The van der Waals surface area contributed by atoms with Gasteiger partial charge in [0.05, 0.1) is 38.0 Å². The van der Waals surface area contributed by atoms with Crippen molar-refractivity contribution in [3.63, 3.8) is 0 Å². The predicted molar refractivity (Wildman–Crippen MR) is 75.9 cm³/mol. The van der Waals surface area contributed by atoms with Crippen molar-refractivity contribution in [2.24, 2.45) is 0 Å². The van der Waals surface area contributed by atoms with E-state index < -0.39 is 6.03 Å². The number of hydrogen-bond donors (Lipinski definition) is 2. The zero-order valence-corrected chi connectivity index (χ0v) is 11.4. The van der Waals surface area contributed by atoms with E-state index in [4.69, 9.17) is 10.00 Å². The first kappa shape index (κ1) is 14.3. The summed E-state index contributed by atoms with van der Waals surface area (Å²) in [6.07, 6.45) is 3.55. The first-order valence-electron chi connectivity index (χ1n) is 6.19. The molecule has 2 N–H and O–H groups in total. The lowest BCUT2D eigenvalue weighted by Gasteiger charge is -2.05. The molecule has 0 unspecified atom stereocenters. The minimum Gasteiger partial charge on any atom is -0.481 e. The molecule has 8 heteroatoms. The lowest BCUT2D eigenvalue weighted by molar-refractivity contribution is 0.262. The molecule has 0 aliphatic rings. The van der Waals surface area contributed by atoms with Gasteiger partial charge in [0.1, 0.15) is 0 Å². The lowest BCUT2D eigenvalue weighted by atomic mass is 10.4. The maximum absolute atomic E-state index is 11.8. The van der Waals surface area contributed by atoms with E-state index in [9.17, 15) is 4.79 Å². The van der Waals surface area contributed by atoms with E-state index in [2.05, 4.69) is 20.7 Å². The molecule has 0 saturated carbocycles. The summed E-state index contributed by atoms with van der Waals surface area (Å²) in [5, 5.41) is 17.8. The second-order valence-corrected chi connectivity index (χ2v) is 4.04. The summed E-state index contributed by atoms with van der Waals surface area (Å²) >= 11 is 0. The van der Waals surface area contributed by atoms with Crippen LogP contribution in [-0.4, -0.2) is 27.9 Å². The Labute approximate surface area is 121 Å². The van der Waals surface area contributed by atoms with Crippen molar-refractivity contribution < 1.29 is 9.53 Å². The topological polar surface area (TPSA) is 105 Å². The molecule has 2 aromatic rings. The van der Waals surface area contributed by atoms with Crippen molar-refractivity contribution in [1.82, 2.24) is 14.8 Å². The van der Waals surface area contributed by atoms with Crippen LogP contribution in [0.5, 0.6) is 5.88 Å². The molecule has 0 spiro atoms. The van der Waals surface area contributed by atoms with Gasteiger partial charge in [0.2, 0.25) is 5.88 Å². The fourth-order valence-corrected chi connectivity index (χ4v) is 1.57. The van der Waals surface area contributed by atoms with Crippen LogP contribution in [0, 0.1) is 11.3 Å². The molecule has 2 amide bonds. The number of rotatable bonds is 5. The molecule has 0 fully saturated rings. The number of amides is 2. The normalized spacial score (nSPS) is 9.71. The fourth-order valence-electron chi connectivity index (χ4n) is 1.57. The van der Waals surface area contributed by atoms with Crippen LogP contribution in [0.4, 0.5) is 16.3 Å². The molecule has 0 aromatic carbocycles. The Bertz CT molecular complexity index is 643. The van der Waals surface area contributed by atoms with Gasteiger partial charge in [-0.15, -0.1) is 0 Å². The number of pyridine rings is 1. The number of carbonyl (C=O) groups excluding carboxylic acids is 1. The van der Waals surface area contributed by atoms with Crippen LogP contribution >= 0.6 is 0 Å². The third-order valence-corrected chi connectivity index (χ3v) is 2.54. The molecule has 0 saturated heterocycles. The Morgan fingerprint density at radius 1 is 1.43 bits per heavy atom. The van der Waals surface area contributed by atoms with Gasteiger partial charge in [-0.2, -0.15) is 10.4 Å². The van der Waals surface area contributed by atoms with E-state index >= 15 is 0 Å². The summed E-state index contributed by atoms with van der Waals surface area (Å²) in [6.45, 7) is 0.488. The smallest absolute Gasteiger partial charge is 0.324 e. The number of hydrogen-bond acceptors (Lipinski definition) is 5. The van der Waals surface area contributed by atoms with Crippen LogP contribution < -0.4 is 15.4 Å². The predicted octanol–water partition coefficient (Wildman–Crippen LogP) is 1.84. The lowest BCUT2D eigenvalue weighted by Crippen LogP contribution is -2.20. The van der Waals surface area contributed by atoms with Crippen molar-refractivity contribution in [2.75, 3.05) is 17.7 Å². The van der Waals surface area contributed by atoms with Crippen molar-refractivity contribution in [3.05, 3.63) is 30.6 Å². The second-order valence-electron chi connectivity index (χ2n) is 4.04.